The van der Waals surface area contributed by atoms with Gasteiger partial charge >= 0.3 is 0 Å². The van der Waals surface area contributed by atoms with Crippen molar-refractivity contribution in [3.63, 3.8) is 0 Å². The molecule has 102 valence electrons. The van der Waals surface area contributed by atoms with Crippen LogP contribution in [0.4, 0.5) is 0 Å². The first kappa shape index (κ1) is 14.3. The SMILES string of the molecule is COc1cc(OC)c(-c2csc(CCN)n2)cc1Br. The monoisotopic (exact) mass is 342 g/mol. The number of hydrogen-bond acceptors (Lipinski definition) is 5. The quantitative estimate of drug-likeness (QED) is 0.906. The first-order chi connectivity index (χ1) is 9.19. The lowest BCUT2D eigenvalue weighted by atomic mass is 10.1. The molecular weight excluding hydrogens is 328 g/mol. The molecule has 19 heavy (non-hydrogen) atoms. The Labute approximate surface area is 124 Å². The van der Waals surface area contributed by atoms with Crippen molar-refractivity contribution >= 4 is 27.3 Å². The first-order valence-electron chi connectivity index (χ1n) is 5.76. The van der Waals surface area contributed by atoms with Gasteiger partial charge in [-0.15, -0.1) is 11.3 Å². The van der Waals surface area contributed by atoms with Gasteiger partial charge in [-0.25, -0.2) is 4.98 Å². The molecule has 0 atom stereocenters. The molecule has 0 radical (unpaired) electrons. The molecule has 0 saturated heterocycles. The summed E-state index contributed by atoms with van der Waals surface area (Å²) in [5.74, 6) is 1.47. The molecule has 0 spiro atoms. The Morgan fingerprint density at radius 2 is 2.00 bits per heavy atom. The molecule has 0 aliphatic rings. The summed E-state index contributed by atoms with van der Waals surface area (Å²) in [5, 5.41) is 3.05. The van der Waals surface area contributed by atoms with Crippen LogP contribution in [-0.4, -0.2) is 25.7 Å². The summed E-state index contributed by atoms with van der Waals surface area (Å²) in [6.07, 6.45) is 0.796. The Bertz CT molecular complexity index is 572. The zero-order valence-electron chi connectivity index (χ0n) is 10.8. The van der Waals surface area contributed by atoms with Crippen LogP contribution in [0.15, 0.2) is 22.0 Å². The standard InChI is InChI=1S/C13H15BrN2O2S/c1-17-11-6-12(18-2)9(14)5-8(11)10-7-19-13(16-10)3-4-15/h5-7H,3-4,15H2,1-2H3. The molecule has 0 unspecified atom stereocenters. The van der Waals surface area contributed by atoms with E-state index < -0.39 is 0 Å². The molecule has 4 nitrogen and oxygen atoms in total. The van der Waals surface area contributed by atoms with Gasteiger partial charge in [0.25, 0.3) is 0 Å². The maximum Gasteiger partial charge on any atom is 0.136 e. The number of nitrogens with zero attached hydrogens (tertiary/aromatic N) is 1. The highest BCUT2D eigenvalue weighted by molar-refractivity contribution is 9.10. The van der Waals surface area contributed by atoms with E-state index in [1.807, 2.05) is 17.5 Å². The molecule has 1 heterocycles. The van der Waals surface area contributed by atoms with E-state index in [1.165, 1.54) is 0 Å². The van der Waals surface area contributed by atoms with Crippen LogP contribution in [0.2, 0.25) is 0 Å². The first-order valence-corrected chi connectivity index (χ1v) is 7.43. The van der Waals surface area contributed by atoms with Crippen molar-refractivity contribution in [1.82, 2.24) is 4.98 Å². The normalized spacial score (nSPS) is 10.5. The van der Waals surface area contributed by atoms with Crippen LogP contribution in [0.3, 0.4) is 0 Å². The molecule has 0 aliphatic carbocycles. The number of benzene rings is 1. The average molecular weight is 343 g/mol. The highest BCUT2D eigenvalue weighted by Gasteiger charge is 2.14. The molecule has 0 amide bonds. The fourth-order valence-electron chi connectivity index (χ4n) is 1.73. The van der Waals surface area contributed by atoms with Gasteiger partial charge in [-0.05, 0) is 28.5 Å². The summed E-state index contributed by atoms with van der Waals surface area (Å²) >= 11 is 5.09. The maximum atomic E-state index is 5.54. The summed E-state index contributed by atoms with van der Waals surface area (Å²) in [5.41, 5.74) is 7.38. The Balaban J connectivity index is 2.44. The lowest BCUT2D eigenvalue weighted by Crippen LogP contribution is -2.02. The fourth-order valence-corrected chi connectivity index (χ4v) is 3.05. The minimum Gasteiger partial charge on any atom is -0.496 e. The third-order valence-corrected chi connectivity index (χ3v) is 4.19. The van der Waals surface area contributed by atoms with Crippen LogP contribution < -0.4 is 15.2 Å². The van der Waals surface area contributed by atoms with Crippen molar-refractivity contribution in [3.05, 3.63) is 27.0 Å². The Kier molecular flexibility index (Phi) is 4.79. The Morgan fingerprint density at radius 1 is 1.26 bits per heavy atom. The predicted molar refractivity (Wildman–Crippen MR) is 81.1 cm³/mol. The Morgan fingerprint density at radius 3 is 2.63 bits per heavy atom. The third-order valence-electron chi connectivity index (χ3n) is 2.66. The molecule has 6 heteroatoms. The van der Waals surface area contributed by atoms with Crippen LogP contribution >= 0.6 is 27.3 Å². The molecule has 2 rings (SSSR count). The topological polar surface area (TPSA) is 57.4 Å². The minimum atomic E-state index is 0.608. The van der Waals surface area contributed by atoms with Crippen LogP contribution in [-0.2, 0) is 6.42 Å². The van der Waals surface area contributed by atoms with Crippen LogP contribution in [0.1, 0.15) is 5.01 Å². The van der Waals surface area contributed by atoms with E-state index in [0.717, 1.165) is 38.7 Å². The Hall–Kier alpha value is -1.11. The molecule has 1 aromatic carbocycles. The van der Waals surface area contributed by atoms with Gasteiger partial charge in [-0.2, -0.15) is 0 Å². The summed E-state index contributed by atoms with van der Waals surface area (Å²) in [7, 11) is 3.26. The van der Waals surface area contributed by atoms with Crippen LogP contribution in [0, 0.1) is 0 Å². The molecule has 1 aromatic heterocycles. The van der Waals surface area contributed by atoms with E-state index >= 15 is 0 Å². The van der Waals surface area contributed by atoms with Crippen LogP contribution in [0.5, 0.6) is 11.5 Å². The van der Waals surface area contributed by atoms with Gasteiger partial charge in [0, 0.05) is 23.4 Å². The third kappa shape index (κ3) is 3.08. The van der Waals surface area contributed by atoms with Crippen molar-refractivity contribution in [1.29, 1.82) is 0 Å². The van der Waals surface area contributed by atoms with Crippen LogP contribution in [0.25, 0.3) is 11.3 Å². The molecule has 0 fully saturated rings. The summed E-state index contributed by atoms with van der Waals surface area (Å²) in [6.45, 7) is 0.608. The van der Waals surface area contributed by atoms with Crippen molar-refractivity contribution in [2.24, 2.45) is 5.73 Å². The van der Waals surface area contributed by atoms with Gasteiger partial charge in [0.1, 0.15) is 11.5 Å². The average Bonchev–Trinajstić information content (AvgIpc) is 2.87. The molecule has 2 N–H and O–H groups in total. The second kappa shape index (κ2) is 6.36. The number of hydrogen-bond donors (Lipinski definition) is 1. The number of methoxy groups -OCH3 is 2. The lowest BCUT2D eigenvalue weighted by Gasteiger charge is -2.10. The van der Waals surface area contributed by atoms with Gasteiger partial charge in [0.05, 0.1) is 29.4 Å². The molecule has 0 bridgehead atoms. The summed E-state index contributed by atoms with van der Waals surface area (Å²) in [6, 6.07) is 3.81. The number of rotatable bonds is 5. The number of aromatic nitrogens is 1. The predicted octanol–water partition coefficient (Wildman–Crippen LogP) is 3.09. The number of ether oxygens (including phenoxy) is 2. The second-order valence-electron chi connectivity index (χ2n) is 3.85. The smallest absolute Gasteiger partial charge is 0.136 e. The number of halogens is 1. The van der Waals surface area contributed by atoms with Crippen molar-refractivity contribution < 1.29 is 9.47 Å². The van der Waals surface area contributed by atoms with E-state index in [2.05, 4.69) is 20.9 Å². The van der Waals surface area contributed by atoms with E-state index in [1.54, 1.807) is 25.6 Å². The van der Waals surface area contributed by atoms with Crippen molar-refractivity contribution in [3.8, 4) is 22.8 Å². The van der Waals surface area contributed by atoms with E-state index in [9.17, 15) is 0 Å². The van der Waals surface area contributed by atoms with Gasteiger partial charge in [-0.3, -0.25) is 0 Å². The molecule has 0 aliphatic heterocycles. The van der Waals surface area contributed by atoms with E-state index in [4.69, 9.17) is 15.2 Å². The van der Waals surface area contributed by atoms with Gasteiger partial charge in [0.15, 0.2) is 0 Å². The van der Waals surface area contributed by atoms with E-state index in [-0.39, 0.29) is 0 Å². The minimum absolute atomic E-state index is 0.608. The van der Waals surface area contributed by atoms with Crippen molar-refractivity contribution in [2.75, 3.05) is 20.8 Å². The van der Waals surface area contributed by atoms with Gasteiger partial charge in [0.2, 0.25) is 0 Å². The van der Waals surface area contributed by atoms with Gasteiger partial charge in [-0.1, -0.05) is 0 Å². The fraction of sp³-hybridized carbons (Fsp3) is 0.308. The highest BCUT2D eigenvalue weighted by Crippen LogP contribution is 2.38. The molecular formula is C13H15BrN2O2S. The van der Waals surface area contributed by atoms with E-state index in [0.29, 0.717) is 6.54 Å². The lowest BCUT2D eigenvalue weighted by molar-refractivity contribution is 0.393. The highest BCUT2D eigenvalue weighted by atomic mass is 79.9. The second-order valence-corrected chi connectivity index (χ2v) is 5.65. The molecule has 0 saturated carbocycles. The largest absolute Gasteiger partial charge is 0.496 e. The summed E-state index contributed by atoms with van der Waals surface area (Å²) < 4.78 is 11.5. The summed E-state index contributed by atoms with van der Waals surface area (Å²) in [4.78, 5) is 4.57. The van der Waals surface area contributed by atoms with Gasteiger partial charge < -0.3 is 15.2 Å². The number of nitrogens with two attached hydrogens (primary N) is 1. The molecule has 2 aromatic rings. The van der Waals surface area contributed by atoms with Crippen molar-refractivity contribution in [2.45, 2.75) is 6.42 Å². The number of thiazole rings is 1. The zero-order chi connectivity index (χ0) is 13.8. The maximum absolute atomic E-state index is 5.54. The zero-order valence-corrected chi connectivity index (χ0v) is 13.2.